The highest BCUT2D eigenvalue weighted by atomic mass is 16.5. The van der Waals surface area contributed by atoms with Gasteiger partial charge in [0.1, 0.15) is 11.9 Å². The largest absolute Gasteiger partial charge is 0.493 e. The molecular weight excluding hydrogens is 260 g/mol. The number of methoxy groups -OCH3 is 2. The Labute approximate surface area is 116 Å². The van der Waals surface area contributed by atoms with Gasteiger partial charge in [0.2, 0.25) is 0 Å². The molecule has 0 aliphatic heterocycles. The highest BCUT2D eigenvalue weighted by Gasteiger charge is 2.14. The third-order valence-electron chi connectivity index (χ3n) is 2.99. The predicted molar refractivity (Wildman–Crippen MR) is 75.6 cm³/mol. The van der Waals surface area contributed by atoms with Gasteiger partial charge in [0, 0.05) is 11.6 Å². The molecule has 0 saturated heterocycles. The molecule has 6 nitrogen and oxygen atoms in total. The van der Waals surface area contributed by atoms with Crippen molar-refractivity contribution in [1.29, 1.82) is 0 Å². The minimum Gasteiger partial charge on any atom is -0.493 e. The number of nitrogens with one attached hydrogen (secondary N) is 1. The maximum Gasteiger partial charge on any atom is 0.325 e. The Bertz CT molecular complexity index is 642. The normalized spacial score (nSPS) is 11.9. The average molecular weight is 276 g/mol. The van der Waals surface area contributed by atoms with E-state index >= 15 is 0 Å². The zero-order valence-corrected chi connectivity index (χ0v) is 11.5. The van der Waals surface area contributed by atoms with Crippen LogP contribution >= 0.6 is 0 Å². The molecular formula is C14H16N2O4. The van der Waals surface area contributed by atoms with Gasteiger partial charge in [0.05, 0.1) is 14.2 Å². The SMILES string of the molecule is COc1cc2ccnc(NC(C)C(=O)O)c2cc1OC. The lowest BCUT2D eigenvalue weighted by Gasteiger charge is -2.14. The second-order valence-corrected chi connectivity index (χ2v) is 4.29. The summed E-state index contributed by atoms with van der Waals surface area (Å²) in [6.45, 7) is 1.56. The Hall–Kier alpha value is -2.50. The van der Waals surface area contributed by atoms with E-state index < -0.39 is 12.0 Å². The first kappa shape index (κ1) is 13.9. The van der Waals surface area contributed by atoms with Gasteiger partial charge < -0.3 is 19.9 Å². The molecule has 0 aliphatic rings. The molecule has 0 spiro atoms. The quantitative estimate of drug-likeness (QED) is 0.870. The van der Waals surface area contributed by atoms with Gasteiger partial charge in [-0.25, -0.2) is 4.98 Å². The summed E-state index contributed by atoms with van der Waals surface area (Å²) >= 11 is 0. The Morgan fingerprint density at radius 2 is 1.95 bits per heavy atom. The van der Waals surface area contributed by atoms with Gasteiger partial charge in [-0.2, -0.15) is 0 Å². The number of fused-ring (bicyclic) bond motifs is 1. The molecule has 0 bridgehead atoms. The van der Waals surface area contributed by atoms with Crippen molar-refractivity contribution in [3.63, 3.8) is 0 Å². The lowest BCUT2D eigenvalue weighted by Crippen LogP contribution is -2.25. The molecule has 1 aromatic carbocycles. The van der Waals surface area contributed by atoms with E-state index in [2.05, 4.69) is 10.3 Å². The summed E-state index contributed by atoms with van der Waals surface area (Å²) in [6, 6.07) is 4.69. The second-order valence-electron chi connectivity index (χ2n) is 4.29. The molecule has 1 aromatic heterocycles. The van der Waals surface area contributed by atoms with Crippen molar-refractivity contribution >= 4 is 22.6 Å². The summed E-state index contributed by atoms with van der Waals surface area (Å²) in [5, 5.41) is 13.5. The zero-order chi connectivity index (χ0) is 14.7. The Balaban J connectivity index is 2.53. The molecule has 2 aromatic rings. The Morgan fingerprint density at radius 3 is 2.55 bits per heavy atom. The lowest BCUT2D eigenvalue weighted by molar-refractivity contribution is -0.137. The van der Waals surface area contributed by atoms with Crippen LogP contribution in [0.2, 0.25) is 0 Å². The summed E-state index contributed by atoms with van der Waals surface area (Å²) in [6.07, 6.45) is 1.62. The van der Waals surface area contributed by atoms with Crippen LogP contribution in [0.5, 0.6) is 11.5 Å². The van der Waals surface area contributed by atoms with Gasteiger partial charge in [-0.05, 0) is 30.5 Å². The van der Waals surface area contributed by atoms with Crippen LogP contribution in [0.3, 0.4) is 0 Å². The number of aliphatic carboxylic acids is 1. The molecule has 0 saturated carbocycles. The summed E-state index contributed by atoms with van der Waals surface area (Å²) < 4.78 is 10.5. The molecule has 106 valence electrons. The average Bonchev–Trinajstić information content (AvgIpc) is 2.45. The molecule has 0 radical (unpaired) electrons. The number of carboxylic acid groups (broad SMARTS) is 1. The molecule has 1 heterocycles. The van der Waals surface area contributed by atoms with Crippen molar-refractivity contribution in [3.05, 3.63) is 24.4 Å². The number of carbonyl (C=O) groups is 1. The minimum absolute atomic E-state index is 0.498. The van der Waals surface area contributed by atoms with E-state index in [1.807, 2.05) is 12.1 Å². The number of hydrogen-bond acceptors (Lipinski definition) is 5. The molecule has 20 heavy (non-hydrogen) atoms. The Morgan fingerprint density at radius 1 is 1.30 bits per heavy atom. The van der Waals surface area contributed by atoms with E-state index in [4.69, 9.17) is 14.6 Å². The van der Waals surface area contributed by atoms with Gasteiger partial charge in [-0.15, -0.1) is 0 Å². The molecule has 2 rings (SSSR count). The van der Waals surface area contributed by atoms with E-state index in [0.717, 1.165) is 10.8 Å². The van der Waals surface area contributed by atoms with Crippen LogP contribution in [-0.2, 0) is 4.79 Å². The standard InChI is InChI=1S/C14H16N2O4/c1-8(14(17)18)16-13-10-7-12(20-3)11(19-2)6-9(10)4-5-15-13/h4-8H,1-3H3,(H,15,16)(H,17,18). The van der Waals surface area contributed by atoms with E-state index in [1.54, 1.807) is 33.4 Å². The number of carboxylic acids is 1. The Kier molecular flexibility index (Phi) is 3.93. The van der Waals surface area contributed by atoms with Gasteiger partial charge in [0.25, 0.3) is 0 Å². The maximum absolute atomic E-state index is 10.9. The maximum atomic E-state index is 10.9. The van der Waals surface area contributed by atoms with Crippen LogP contribution in [0.4, 0.5) is 5.82 Å². The molecule has 0 fully saturated rings. The van der Waals surface area contributed by atoms with Crippen LogP contribution in [0, 0.1) is 0 Å². The number of anilines is 1. The van der Waals surface area contributed by atoms with Crippen LogP contribution in [-0.4, -0.2) is 36.3 Å². The number of aromatic nitrogens is 1. The summed E-state index contributed by atoms with van der Waals surface area (Å²) in [7, 11) is 3.11. The van der Waals surface area contributed by atoms with Crippen molar-refractivity contribution in [2.45, 2.75) is 13.0 Å². The summed E-state index contributed by atoms with van der Waals surface area (Å²) in [5.74, 6) is 0.741. The lowest BCUT2D eigenvalue weighted by atomic mass is 10.1. The van der Waals surface area contributed by atoms with Crippen LogP contribution in [0.25, 0.3) is 10.8 Å². The number of nitrogens with zero attached hydrogens (tertiary/aromatic N) is 1. The van der Waals surface area contributed by atoms with Crippen LogP contribution < -0.4 is 14.8 Å². The van der Waals surface area contributed by atoms with E-state index in [9.17, 15) is 4.79 Å². The summed E-state index contributed by atoms with van der Waals surface area (Å²) in [5.41, 5.74) is 0. The van der Waals surface area contributed by atoms with Gasteiger partial charge in [-0.1, -0.05) is 0 Å². The monoisotopic (exact) mass is 276 g/mol. The molecule has 2 N–H and O–H groups in total. The fourth-order valence-electron chi connectivity index (χ4n) is 1.88. The van der Waals surface area contributed by atoms with E-state index in [0.29, 0.717) is 17.3 Å². The number of rotatable bonds is 5. The smallest absolute Gasteiger partial charge is 0.325 e. The summed E-state index contributed by atoms with van der Waals surface area (Å²) in [4.78, 5) is 15.1. The van der Waals surface area contributed by atoms with E-state index in [-0.39, 0.29) is 0 Å². The number of pyridine rings is 1. The van der Waals surface area contributed by atoms with Crippen molar-refractivity contribution in [2.75, 3.05) is 19.5 Å². The second kappa shape index (κ2) is 5.64. The van der Waals surface area contributed by atoms with Gasteiger partial charge in [-0.3, -0.25) is 4.79 Å². The predicted octanol–water partition coefficient (Wildman–Crippen LogP) is 2.14. The molecule has 0 aliphatic carbocycles. The first-order chi connectivity index (χ1) is 9.56. The van der Waals surface area contributed by atoms with Gasteiger partial charge in [0.15, 0.2) is 11.5 Å². The van der Waals surface area contributed by atoms with Crippen LogP contribution in [0.15, 0.2) is 24.4 Å². The topological polar surface area (TPSA) is 80.7 Å². The fraction of sp³-hybridized carbons (Fsp3) is 0.286. The van der Waals surface area contributed by atoms with Crippen LogP contribution in [0.1, 0.15) is 6.92 Å². The minimum atomic E-state index is -0.940. The molecule has 1 unspecified atom stereocenters. The fourth-order valence-corrected chi connectivity index (χ4v) is 1.88. The van der Waals surface area contributed by atoms with E-state index in [1.165, 1.54) is 0 Å². The number of ether oxygens (including phenoxy) is 2. The first-order valence-electron chi connectivity index (χ1n) is 6.07. The third kappa shape index (κ3) is 2.59. The van der Waals surface area contributed by atoms with Crippen molar-refractivity contribution in [1.82, 2.24) is 4.98 Å². The first-order valence-corrected chi connectivity index (χ1v) is 6.07. The number of benzene rings is 1. The molecule has 6 heteroatoms. The van der Waals surface area contributed by atoms with Crippen molar-refractivity contribution in [2.24, 2.45) is 0 Å². The highest BCUT2D eigenvalue weighted by Crippen LogP contribution is 2.34. The van der Waals surface area contributed by atoms with Crippen molar-refractivity contribution in [3.8, 4) is 11.5 Å². The zero-order valence-electron chi connectivity index (χ0n) is 11.5. The number of hydrogen-bond donors (Lipinski definition) is 2. The van der Waals surface area contributed by atoms with Crippen molar-refractivity contribution < 1.29 is 19.4 Å². The third-order valence-corrected chi connectivity index (χ3v) is 2.99. The van der Waals surface area contributed by atoms with Gasteiger partial charge >= 0.3 is 5.97 Å². The highest BCUT2D eigenvalue weighted by molar-refractivity contribution is 5.95. The molecule has 1 atom stereocenters. The molecule has 0 amide bonds.